The molecule has 2 unspecified atom stereocenters. The standard InChI is InChI=1S/C15H28O3/c1-5-9-12(13(16)18-6-2)15(17)11-8-7-10-14(15,3)4/h12,17H,5-11H2,1-4H3. The highest BCUT2D eigenvalue weighted by Crippen LogP contribution is 2.49. The first-order valence-corrected chi connectivity index (χ1v) is 7.28. The Morgan fingerprint density at radius 1 is 1.28 bits per heavy atom. The van der Waals surface area contributed by atoms with Gasteiger partial charge in [-0.3, -0.25) is 4.79 Å². The maximum absolute atomic E-state index is 12.1. The van der Waals surface area contributed by atoms with Gasteiger partial charge in [0.1, 0.15) is 0 Å². The van der Waals surface area contributed by atoms with E-state index >= 15 is 0 Å². The van der Waals surface area contributed by atoms with Crippen LogP contribution in [0.5, 0.6) is 0 Å². The quantitative estimate of drug-likeness (QED) is 0.768. The summed E-state index contributed by atoms with van der Waals surface area (Å²) in [7, 11) is 0. The summed E-state index contributed by atoms with van der Waals surface area (Å²) in [6.45, 7) is 8.40. The highest BCUT2D eigenvalue weighted by molar-refractivity contribution is 5.74. The second kappa shape index (κ2) is 6.05. The van der Waals surface area contributed by atoms with E-state index in [0.29, 0.717) is 19.4 Å². The van der Waals surface area contributed by atoms with Gasteiger partial charge in [0.2, 0.25) is 0 Å². The lowest BCUT2D eigenvalue weighted by molar-refractivity contribution is -0.180. The summed E-state index contributed by atoms with van der Waals surface area (Å²) in [6, 6.07) is 0. The molecule has 0 spiro atoms. The van der Waals surface area contributed by atoms with Gasteiger partial charge in [-0.2, -0.15) is 0 Å². The zero-order valence-electron chi connectivity index (χ0n) is 12.3. The van der Waals surface area contributed by atoms with Crippen LogP contribution in [-0.2, 0) is 9.53 Å². The molecule has 1 fully saturated rings. The van der Waals surface area contributed by atoms with Crippen molar-refractivity contribution in [3.8, 4) is 0 Å². The van der Waals surface area contributed by atoms with Crippen LogP contribution >= 0.6 is 0 Å². The van der Waals surface area contributed by atoms with Crippen molar-refractivity contribution in [1.82, 2.24) is 0 Å². The van der Waals surface area contributed by atoms with Gasteiger partial charge in [-0.25, -0.2) is 0 Å². The third-order valence-electron chi connectivity index (χ3n) is 4.51. The predicted octanol–water partition coefficient (Wildman–Crippen LogP) is 3.30. The molecule has 1 rings (SSSR count). The van der Waals surface area contributed by atoms with Crippen LogP contribution in [0.1, 0.15) is 66.2 Å². The Morgan fingerprint density at radius 3 is 2.39 bits per heavy atom. The number of rotatable bonds is 5. The van der Waals surface area contributed by atoms with E-state index in [2.05, 4.69) is 13.8 Å². The van der Waals surface area contributed by atoms with Gasteiger partial charge in [0.15, 0.2) is 0 Å². The fourth-order valence-electron chi connectivity index (χ4n) is 3.25. The summed E-state index contributed by atoms with van der Waals surface area (Å²) in [5.74, 6) is -0.602. The molecule has 0 bridgehead atoms. The van der Waals surface area contributed by atoms with Crippen LogP contribution in [0.4, 0.5) is 0 Å². The van der Waals surface area contributed by atoms with E-state index in [0.717, 1.165) is 25.7 Å². The van der Waals surface area contributed by atoms with E-state index in [1.807, 2.05) is 13.8 Å². The number of esters is 1. The lowest BCUT2D eigenvalue weighted by Crippen LogP contribution is -2.55. The van der Waals surface area contributed by atoms with Crippen molar-refractivity contribution in [3.05, 3.63) is 0 Å². The van der Waals surface area contributed by atoms with Crippen LogP contribution in [0.15, 0.2) is 0 Å². The Hall–Kier alpha value is -0.570. The zero-order valence-corrected chi connectivity index (χ0v) is 12.3. The van der Waals surface area contributed by atoms with Crippen molar-refractivity contribution in [1.29, 1.82) is 0 Å². The molecular formula is C15H28O3. The van der Waals surface area contributed by atoms with Crippen molar-refractivity contribution < 1.29 is 14.6 Å². The van der Waals surface area contributed by atoms with Crippen LogP contribution in [0, 0.1) is 11.3 Å². The SMILES string of the molecule is CCCC(C(=O)OCC)C1(O)CCCCC1(C)C. The summed E-state index contributed by atoms with van der Waals surface area (Å²) in [4.78, 5) is 12.1. The maximum atomic E-state index is 12.1. The number of carbonyl (C=O) groups is 1. The molecule has 0 aliphatic heterocycles. The molecule has 0 heterocycles. The third-order valence-corrected chi connectivity index (χ3v) is 4.51. The van der Waals surface area contributed by atoms with E-state index < -0.39 is 5.60 Å². The molecule has 18 heavy (non-hydrogen) atoms. The van der Waals surface area contributed by atoms with E-state index in [9.17, 15) is 9.90 Å². The van der Waals surface area contributed by atoms with Crippen LogP contribution in [-0.4, -0.2) is 23.3 Å². The maximum Gasteiger partial charge on any atom is 0.311 e. The minimum atomic E-state index is -0.909. The lowest BCUT2D eigenvalue weighted by Gasteiger charge is -2.50. The predicted molar refractivity (Wildman–Crippen MR) is 72.2 cm³/mol. The number of aliphatic hydroxyl groups is 1. The third kappa shape index (κ3) is 2.87. The molecule has 1 aliphatic carbocycles. The molecular weight excluding hydrogens is 228 g/mol. The molecule has 0 aromatic heterocycles. The zero-order chi connectivity index (χ0) is 13.8. The first-order valence-electron chi connectivity index (χ1n) is 7.28. The summed E-state index contributed by atoms with van der Waals surface area (Å²) in [5, 5.41) is 11.1. The van der Waals surface area contributed by atoms with Crippen molar-refractivity contribution in [3.63, 3.8) is 0 Å². The highest BCUT2D eigenvalue weighted by atomic mass is 16.5. The van der Waals surface area contributed by atoms with Gasteiger partial charge >= 0.3 is 5.97 Å². The molecule has 1 aliphatic rings. The molecule has 3 heteroatoms. The molecule has 0 saturated heterocycles. The van der Waals surface area contributed by atoms with Crippen molar-refractivity contribution >= 4 is 5.97 Å². The Morgan fingerprint density at radius 2 is 1.89 bits per heavy atom. The summed E-state index contributed by atoms with van der Waals surface area (Å²) in [6.07, 6.45) is 5.42. The topological polar surface area (TPSA) is 46.5 Å². The first-order chi connectivity index (χ1) is 8.39. The van der Waals surface area contributed by atoms with E-state index in [1.54, 1.807) is 0 Å². The van der Waals surface area contributed by atoms with E-state index in [-0.39, 0.29) is 17.3 Å². The monoisotopic (exact) mass is 256 g/mol. The molecule has 0 aromatic carbocycles. The molecule has 106 valence electrons. The first kappa shape index (κ1) is 15.5. The molecule has 2 atom stereocenters. The van der Waals surface area contributed by atoms with Crippen LogP contribution in [0.2, 0.25) is 0 Å². The highest BCUT2D eigenvalue weighted by Gasteiger charge is 2.52. The Labute approximate surface area is 111 Å². The van der Waals surface area contributed by atoms with Gasteiger partial charge < -0.3 is 9.84 Å². The second-order valence-corrected chi connectivity index (χ2v) is 6.11. The van der Waals surface area contributed by atoms with Crippen molar-refractivity contribution in [2.24, 2.45) is 11.3 Å². The van der Waals surface area contributed by atoms with Crippen molar-refractivity contribution in [2.45, 2.75) is 71.8 Å². The fourth-order valence-corrected chi connectivity index (χ4v) is 3.25. The number of carbonyl (C=O) groups excluding carboxylic acids is 1. The van der Waals surface area contributed by atoms with Gasteiger partial charge in [0.25, 0.3) is 0 Å². The smallest absolute Gasteiger partial charge is 0.311 e. The van der Waals surface area contributed by atoms with Crippen molar-refractivity contribution in [2.75, 3.05) is 6.61 Å². The van der Waals surface area contributed by atoms with Gasteiger partial charge in [0.05, 0.1) is 18.1 Å². The van der Waals surface area contributed by atoms with E-state index in [1.165, 1.54) is 0 Å². The van der Waals surface area contributed by atoms with Crippen LogP contribution in [0.3, 0.4) is 0 Å². The van der Waals surface area contributed by atoms with Crippen LogP contribution in [0.25, 0.3) is 0 Å². The van der Waals surface area contributed by atoms with Crippen LogP contribution < -0.4 is 0 Å². The molecule has 3 nitrogen and oxygen atoms in total. The molecule has 1 N–H and O–H groups in total. The molecule has 0 amide bonds. The number of ether oxygens (including phenoxy) is 1. The Balaban J connectivity index is 2.97. The number of hydrogen-bond acceptors (Lipinski definition) is 3. The van der Waals surface area contributed by atoms with Gasteiger partial charge in [-0.1, -0.05) is 40.0 Å². The minimum absolute atomic E-state index is 0.210. The van der Waals surface area contributed by atoms with E-state index in [4.69, 9.17) is 4.74 Å². The normalized spacial score (nSPS) is 28.7. The van der Waals surface area contributed by atoms with Gasteiger partial charge in [-0.05, 0) is 31.6 Å². The molecule has 0 radical (unpaired) electrons. The number of hydrogen-bond donors (Lipinski definition) is 1. The Kier molecular flexibility index (Phi) is 5.20. The summed E-state index contributed by atoms with van der Waals surface area (Å²) in [5.41, 5.74) is -1.12. The lowest BCUT2D eigenvalue weighted by atomic mass is 9.59. The second-order valence-electron chi connectivity index (χ2n) is 6.11. The fraction of sp³-hybridized carbons (Fsp3) is 0.933. The minimum Gasteiger partial charge on any atom is -0.466 e. The largest absolute Gasteiger partial charge is 0.466 e. The average Bonchev–Trinajstić information content (AvgIpc) is 2.30. The molecule has 0 aromatic rings. The average molecular weight is 256 g/mol. The summed E-state index contributed by atoms with van der Waals surface area (Å²) < 4.78 is 5.17. The van der Waals surface area contributed by atoms with Gasteiger partial charge in [0, 0.05) is 0 Å². The summed E-state index contributed by atoms with van der Waals surface area (Å²) >= 11 is 0. The van der Waals surface area contributed by atoms with Gasteiger partial charge in [-0.15, -0.1) is 0 Å². The molecule has 1 saturated carbocycles. The Bertz CT molecular complexity index is 285.